The van der Waals surface area contributed by atoms with E-state index in [1.807, 2.05) is 0 Å². The maximum Gasteiger partial charge on any atom is 0.241 e. The highest BCUT2D eigenvalue weighted by Crippen LogP contribution is 2.16. The molecule has 1 fully saturated rings. The first-order valence-corrected chi connectivity index (χ1v) is 7.76. The number of rotatable bonds is 6. The van der Waals surface area contributed by atoms with Gasteiger partial charge in [-0.15, -0.1) is 12.4 Å². The first-order valence-electron chi connectivity index (χ1n) is 7.76. The van der Waals surface area contributed by atoms with Crippen LogP contribution in [-0.4, -0.2) is 55.5 Å². The van der Waals surface area contributed by atoms with Gasteiger partial charge in [0.15, 0.2) is 0 Å². The zero-order valence-electron chi connectivity index (χ0n) is 13.7. The molecule has 0 unspecified atom stereocenters. The molecule has 0 bridgehead atoms. The fourth-order valence-corrected chi connectivity index (χ4v) is 2.62. The average Bonchev–Trinajstić information content (AvgIpc) is 2.51. The van der Waals surface area contributed by atoms with Crippen LogP contribution >= 0.6 is 12.4 Å². The summed E-state index contributed by atoms with van der Waals surface area (Å²) >= 11 is 0. The Hall–Kier alpha value is -1.70. The molecule has 0 aliphatic carbocycles. The van der Waals surface area contributed by atoms with Crippen molar-refractivity contribution in [1.82, 2.24) is 10.2 Å². The quantitative estimate of drug-likeness (QED) is 0.786. The van der Waals surface area contributed by atoms with Gasteiger partial charge in [-0.05, 0) is 31.2 Å². The van der Waals surface area contributed by atoms with E-state index in [0.717, 1.165) is 19.6 Å². The number of primary amides is 1. The van der Waals surface area contributed by atoms with E-state index in [-0.39, 0.29) is 49.7 Å². The Morgan fingerprint density at radius 2 is 2.04 bits per heavy atom. The van der Waals surface area contributed by atoms with E-state index < -0.39 is 5.91 Å². The molecule has 1 aromatic carbocycles. The van der Waals surface area contributed by atoms with E-state index >= 15 is 0 Å². The molecule has 134 valence electrons. The second-order valence-corrected chi connectivity index (χ2v) is 5.76. The van der Waals surface area contributed by atoms with Crippen LogP contribution in [0.25, 0.3) is 0 Å². The number of amides is 2. The van der Waals surface area contributed by atoms with Crippen LogP contribution in [0.15, 0.2) is 24.3 Å². The largest absolute Gasteiger partial charge is 0.370 e. The number of nitrogens with two attached hydrogens (primary N) is 1. The lowest BCUT2D eigenvalue weighted by molar-refractivity contribution is -0.120. The van der Waals surface area contributed by atoms with E-state index in [4.69, 9.17) is 5.73 Å². The second-order valence-electron chi connectivity index (χ2n) is 5.76. The number of carbonyl (C=O) groups is 2. The van der Waals surface area contributed by atoms with Crippen LogP contribution in [0.4, 0.5) is 10.1 Å². The lowest BCUT2D eigenvalue weighted by Gasteiger charge is -2.35. The second kappa shape index (κ2) is 9.56. The molecule has 6 nitrogen and oxygen atoms in total. The lowest BCUT2D eigenvalue weighted by atomic mass is 10.2. The van der Waals surface area contributed by atoms with Crippen molar-refractivity contribution in [3.8, 4) is 0 Å². The lowest BCUT2D eigenvalue weighted by Crippen LogP contribution is -2.53. The average molecular weight is 359 g/mol. The SMILES string of the molecule is C[C@H]1CNCCN1CC(=O)N(CCC(N)=O)c1ccc(F)cc1.Cl. The summed E-state index contributed by atoms with van der Waals surface area (Å²) in [4.78, 5) is 27.3. The molecular weight excluding hydrogens is 335 g/mol. The maximum absolute atomic E-state index is 13.1. The Balaban J connectivity index is 0.00000288. The number of piperazine rings is 1. The van der Waals surface area contributed by atoms with E-state index in [9.17, 15) is 14.0 Å². The minimum Gasteiger partial charge on any atom is -0.370 e. The van der Waals surface area contributed by atoms with Gasteiger partial charge in [-0.3, -0.25) is 14.5 Å². The topological polar surface area (TPSA) is 78.7 Å². The fourth-order valence-electron chi connectivity index (χ4n) is 2.62. The summed E-state index contributed by atoms with van der Waals surface area (Å²) in [6.07, 6.45) is 0.0697. The van der Waals surface area contributed by atoms with Crippen molar-refractivity contribution in [2.45, 2.75) is 19.4 Å². The highest BCUT2D eigenvalue weighted by atomic mass is 35.5. The first-order chi connectivity index (χ1) is 11.0. The number of halogens is 2. The van der Waals surface area contributed by atoms with Crippen LogP contribution in [0.2, 0.25) is 0 Å². The first kappa shape index (κ1) is 20.3. The van der Waals surface area contributed by atoms with E-state index in [2.05, 4.69) is 17.1 Å². The summed E-state index contributed by atoms with van der Waals surface area (Å²) in [7, 11) is 0. The van der Waals surface area contributed by atoms with Gasteiger partial charge in [-0.25, -0.2) is 4.39 Å². The third kappa shape index (κ3) is 5.74. The number of nitrogens with zero attached hydrogens (tertiary/aromatic N) is 2. The number of anilines is 1. The highest BCUT2D eigenvalue weighted by molar-refractivity contribution is 5.95. The Labute approximate surface area is 147 Å². The van der Waals surface area contributed by atoms with Gasteiger partial charge < -0.3 is 16.0 Å². The van der Waals surface area contributed by atoms with Gasteiger partial charge in [0.05, 0.1) is 6.54 Å². The predicted molar refractivity (Wildman–Crippen MR) is 93.7 cm³/mol. The summed E-state index contributed by atoms with van der Waals surface area (Å²) < 4.78 is 13.1. The van der Waals surface area contributed by atoms with Crippen molar-refractivity contribution in [2.75, 3.05) is 37.6 Å². The molecule has 3 N–H and O–H groups in total. The van der Waals surface area contributed by atoms with Gasteiger partial charge in [0.1, 0.15) is 5.82 Å². The fraction of sp³-hybridized carbons (Fsp3) is 0.500. The molecular formula is C16H24ClFN4O2. The maximum atomic E-state index is 13.1. The minimum absolute atomic E-state index is 0. The summed E-state index contributed by atoms with van der Waals surface area (Å²) in [5.74, 6) is -0.959. The van der Waals surface area contributed by atoms with E-state index in [1.54, 1.807) is 0 Å². The van der Waals surface area contributed by atoms with Crippen molar-refractivity contribution in [2.24, 2.45) is 5.73 Å². The molecule has 2 amide bonds. The molecule has 1 aliphatic rings. The highest BCUT2D eigenvalue weighted by Gasteiger charge is 2.24. The number of hydrogen-bond acceptors (Lipinski definition) is 4. The van der Waals surface area contributed by atoms with Crippen LogP contribution in [-0.2, 0) is 9.59 Å². The molecule has 1 heterocycles. The van der Waals surface area contributed by atoms with Crippen molar-refractivity contribution in [1.29, 1.82) is 0 Å². The van der Waals surface area contributed by atoms with Gasteiger partial charge in [0.2, 0.25) is 11.8 Å². The smallest absolute Gasteiger partial charge is 0.241 e. The van der Waals surface area contributed by atoms with Crippen molar-refractivity contribution in [3.63, 3.8) is 0 Å². The summed E-state index contributed by atoms with van der Waals surface area (Å²) in [6, 6.07) is 5.93. The Bertz CT molecular complexity index is 556. The van der Waals surface area contributed by atoms with Crippen molar-refractivity contribution < 1.29 is 14.0 Å². The molecule has 1 aromatic rings. The van der Waals surface area contributed by atoms with Gasteiger partial charge in [-0.2, -0.15) is 0 Å². The van der Waals surface area contributed by atoms with Crippen molar-refractivity contribution in [3.05, 3.63) is 30.1 Å². The van der Waals surface area contributed by atoms with Crippen LogP contribution < -0.4 is 16.0 Å². The van der Waals surface area contributed by atoms with Gasteiger partial charge in [0.25, 0.3) is 0 Å². The van der Waals surface area contributed by atoms with Gasteiger partial charge in [-0.1, -0.05) is 0 Å². The van der Waals surface area contributed by atoms with Crippen LogP contribution in [0, 0.1) is 5.82 Å². The molecule has 1 saturated heterocycles. The Kier molecular flexibility index (Phi) is 8.10. The molecule has 0 radical (unpaired) electrons. The minimum atomic E-state index is -0.472. The Morgan fingerprint density at radius 3 is 2.62 bits per heavy atom. The van der Waals surface area contributed by atoms with Crippen LogP contribution in [0.3, 0.4) is 0 Å². The molecule has 0 saturated carbocycles. The van der Waals surface area contributed by atoms with Crippen LogP contribution in [0.5, 0.6) is 0 Å². The molecule has 0 aromatic heterocycles. The summed E-state index contributed by atoms with van der Waals surface area (Å²) in [5, 5.41) is 3.28. The van der Waals surface area contributed by atoms with Crippen LogP contribution in [0.1, 0.15) is 13.3 Å². The third-order valence-corrected chi connectivity index (χ3v) is 4.00. The number of hydrogen-bond donors (Lipinski definition) is 2. The predicted octanol–water partition coefficient (Wildman–Crippen LogP) is 0.750. The van der Waals surface area contributed by atoms with Crippen molar-refractivity contribution >= 4 is 29.9 Å². The molecule has 24 heavy (non-hydrogen) atoms. The molecule has 0 spiro atoms. The van der Waals surface area contributed by atoms with Gasteiger partial charge in [0, 0.05) is 44.3 Å². The third-order valence-electron chi connectivity index (χ3n) is 4.00. The zero-order valence-corrected chi connectivity index (χ0v) is 14.5. The molecule has 8 heteroatoms. The standard InChI is InChI=1S/C16H23FN4O2.ClH/c1-12-10-19-7-9-20(12)11-16(23)21(8-6-15(18)22)14-4-2-13(17)3-5-14;/h2-5,12,19H,6-11H2,1H3,(H2,18,22);1H/t12-;/m0./s1. The number of carbonyl (C=O) groups excluding carboxylic acids is 2. The molecule has 1 aliphatic heterocycles. The normalized spacial score (nSPS) is 17.8. The van der Waals surface area contributed by atoms with E-state index in [1.165, 1.54) is 29.2 Å². The van der Waals surface area contributed by atoms with E-state index in [0.29, 0.717) is 5.69 Å². The summed E-state index contributed by atoms with van der Waals surface area (Å²) in [5.41, 5.74) is 5.76. The summed E-state index contributed by atoms with van der Waals surface area (Å²) in [6.45, 7) is 4.99. The zero-order chi connectivity index (χ0) is 16.8. The monoisotopic (exact) mass is 358 g/mol. The molecule has 2 rings (SSSR count). The number of benzene rings is 1. The van der Waals surface area contributed by atoms with Gasteiger partial charge >= 0.3 is 0 Å². The Morgan fingerprint density at radius 1 is 1.38 bits per heavy atom. The molecule has 1 atom stereocenters. The number of nitrogens with one attached hydrogen (secondary N) is 1.